The van der Waals surface area contributed by atoms with E-state index in [4.69, 9.17) is 5.11 Å². The van der Waals surface area contributed by atoms with Gasteiger partial charge in [-0.15, -0.1) is 0 Å². The van der Waals surface area contributed by atoms with Crippen molar-refractivity contribution in [3.63, 3.8) is 0 Å². The van der Waals surface area contributed by atoms with E-state index < -0.39 is 11.4 Å². The zero-order valence-corrected chi connectivity index (χ0v) is 11.7. The summed E-state index contributed by atoms with van der Waals surface area (Å²) in [5.41, 5.74) is -1.12. The standard InChI is InChI=1S/C13H24N2O3/c1-9(2)15(10(3)4)8-7-14-11(16)13(5-6-13)12(17)18/h9-10H,5-8H2,1-4H3,(H,14,16)(H,17,18). The quantitative estimate of drug-likeness (QED) is 0.669. The van der Waals surface area contributed by atoms with Crippen molar-refractivity contribution < 1.29 is 14.7 Å². The van der Waals surface area contributed by atoms with E-state index in [2.05, 4.69) is 37.9 Å². The van der Waals surface area contributed by atoms with E-state index in [-0.39, 0.29) is 5.91 Å². The van der Waals surface area contributed by atoms with Crippen molar-refractivity contribution >= 4 is 11.9 Å². The van der Waals surface area contributed by atoms with Crippen LogP contribution in [0.25, 0.3) is 0 Å². The van der Waals surface area contributed by atoms with Gasteiger partial charge < -0.3 is 10.4 Å². The number of aliphatic carboxylic acids is 1. The summed E-state index contributed by atoms with van der Waals surface area (Å²) in [4.78, 5) is 25.0. The Hall–Kier alpha value is -1.10. The maximum Gasteiger partial charge on any atom is 0.319 e. The Morgan fingerprint density at radius 1 is 1.22 bits per heavy atom. The van der Waals surface area contributed by atoms with E-state index in [0.717, 1.165) is 6.54 Å². The fraction of sp³-hybridized carbons (Fsp3) is 0.846. The Morgan fingerprint density at radius 2 is 1.72 bits per heavy atom. The first-order valence-electron chi connectivity index (χ1n) is 6.58. The van der Waals surface area contributed by atoms with Crippen LogP contribution in [0.5, 0.6) is 0 Å². The number of rotatable bonds is 7. The lowest BCUT2D eigenvalue weighted by molar-refractivity contribution is -0.149. The summed E-state index contributed by atoms with van der Waals surface area (Å²) in [6.45, 7) is 9.70. The van der Waals surface area contributed by atoms with Crippen LogP contribution >= 0.6 is 0 Å². The first kappa shape index (κ1) is 15.0. The normalized spacial score (nSPS) is 17.3. The van der Waals surface area contributed by atoms with Gasteiger partial charge in [0.1, 0.15) is 5.41 Å². The fourth-order valence-electron chi connectivity index (χ4n) is 2.24. The van der Waals surface area contributed by atoms with Crippen molar-refractivity contribution in [1.29, 1.82) is 0 Å². The molecule has 2 N–H and O–H groups in total. The highest BCUT2D eigenvalue weighted by Gasteiger charge is 2.56. The smallest absolute Gasteiger partial charge is 0.319 e. The lowest BCUT2D eigenvalue weighted by Crippen LogP contribution is -2.45. The topological polar surface area (TPSA) is 69.6 Å². The summed E-state index contributed by atoms with van der Waals surface area (Å²) < 4.78 is 0. The van der Waals surface area contributed by atoms with Crippen LogP contribution in [0.3, 0.4) is 0 Å². The van der Waals surface area contributed by atoms with Crippen LogP contribution in [0.2, 0.25) is 0 Å². The molecule has 18 heavy (non-hydrogen) atoms. The highest BCUT2D eigenvalue weighted by molar-refractivity contribution is 6.04. The van der Waals surface area contributed by atoms with Crippen LogP contribution in [0.1, 0.15) is 40.5 Å². The molecule has 1 amide bonds. The molecule has 1 rings (SSSR count). The van der Waals surface area contributed by atoms with Crippen molar-refractivity contribution in [2.45, 2.75) is 52.6 Å². The first-order chi connectivity index (χ1) is 8.31. The lowest BCUT2D eigenvalue weighted by Gasteiger charge is -2.30. The molecule has 0 atom stereocenters. The monoisotopic (exact) mass is 256 g/mol. The molecule has 0 aromatic carbocycles. The van der Waals surface area contributed by atoms with Gasteiger partial charge in [0.25, 0.3) is 0 Å². The van der Waals surface area contributed by atoms with E-state index in [1.165, 1.54) is 0 Å². The number of hydrogen-bond donors (Lipinski definition) is 2. The van der Waals surface area contributed by atoms with E-state index in [1.54, 1.807) is 0 Å². The molecule has 0 bridgehead atoms. The molecule has 0 spiro atoms. The molecule has 1 saturated carbocycles. The summed E-state index contributed by atoms with van der Waals surface area (Å²) in [5.74, 6) is -1.33. The number of nitrogens with one attached hydrogen (secondary N) is 1. The van der Waals surface area contributed by atoms with Gasteiger partial charge in [-0.2, -0.15) is 0 Å². The Labute approximate surface area is 109 Å². The molecule has 5 nitrogen and oxygen atoms in total. The second-order valence-corrected chi connectivity index (χ2v) is 5.57. The molecule has 104 valence electrons. The Morgan fingerprint density at radius 3 is 2.06 bits per heavy atom. The van der Waals surface area contributed by atoms with E-state index in [0.29, 0.717) is 31.5 Å². The van der Waals surface area contributed by atoms with Gasteiger partial charge in [-0.3, -0.25) is 14.5 Å². The number of carboxylic acid groups (broad SMARTS) is 1. The Kier molecular flexibility index (Phi) is 4.73. The minimum Gasteiger partial charge on any atom is -0.480 e. The predicted molar refractivity (Wildman–Crippen MR) is 69.3 cm³/mol. The fourth-order valence-corrected chi connectivity index (χ4v) is 2.24. The minimum absolute atomic E-state index is 0.331. The molecule has 0 aliphatic heterocycles. The number of carbonyl (C=O) groups is 2. The lowest BCUT2D eigenvalue weighted by atomic mass is 10.1. The van der Waals surface area contributed by atoms with E-state index >= 15 is 0 Å². The third-order valence-corrected chi connectivity index (χ3v) is 3.58. The summed E-state index contributed by atoms with van der Waals surface area (Å²) in [7, 11) is 0. The first-order valence-corrected chi connectivity index (χ1v) is 6.58. The average molecular weight is 256 g/mol. The van der Waals surface area contributed by atoms with Crippen LogP contribution in [0.4, 0.5) is 0 Å². The van der Waals surface area contributed by atoms with Gasteiger partial charge >= 0.3 is 5.97 Å². The van der Waals surface area contributed by atoms with Crippen molar-refractivity contribution in [2.24, 2.45) is 5.41 Å². The van der Waals surface area contributed by atoms with Gasteiger partial charge in [0.2, 0.25) is 5.91 Å². The molecule has 1 fully saturated rings. The molecule has 0 saturated heterocycles. The molecule has 1 aliphatic rings. The van der Waals surface area contributed by atoms with Crippen LogP contribution in [0, 0.1) is 5.41 Å². The van der Waals surface area contributed by atoms with Crippen LogP contribution in [-0.2, 0) is 9.59 Å². The third kappa shape index (κ3) is 3.22. The SMILES string of the molecule is CC(C)N(CCNC(=O)C1(C(=O)O)CC1)C(C)C. The number of nitrogens with zero attached hydrogens (tertiary/aromatic N) is 1. The van der Waals surface area contributed by atoms with Gasteiger partial charge in [0, 0.05) is 25.2 Å². The average Bonchev–Trinajstić information content (AvgIpc) is 3.03. The predicted octanol–water partition coefficient (Wildman–Crippen LogP) is 1.09. The summed E-state index contributed by atoms with van der Waals surface area (Å²) in [5, 5.41) is 11.7. The zero-order chi connectivity index (χ0) is 13.9. The van der Waals surface area contributed by atoms with Crippen molar-refractivity contribution in [2.75, 3.05) is 13.1 Å². The van der Waals surface area contributed by atoms with Gasteiger partial charge in [0.15, 0.2) is 0 Å². The number of hydrogen-bond acceptors (Lipinski definition) is 3. The Balaban J connectivity index is 2.38. The van der Waals surface area contributed by atoms with Gasteiger partial charge in [-0.05, 0) is 40.5 Å². The zero-order valence-electron chi connectivity index (χ0n) is 11.7. The number of amides is 1. The van der Waals surface area contributed by atoms with Crippen LogP contribution in [-0.4, -0.2) is 47.1 Å². The van der Waals surface area contributed by atoms with Gasteiger partial charge in [-0.1, -0.05) is 0 Å². The molecule has 0 aromatic heterocycles. The van der Waals surface area contributed by atoms with E-state index in [9.17, 15) is 9.59 Å². The van der Waals surface area contributed by atoms with Gasteiger partial charge in [0.05, 0.1) is 0 Å². The van der Waals surface area contributed by atoms with Crippen molar-refractivity contribution in [3.05, 3.63) is 0 Å². The van der Waals surface area contributed by atoms with Crippen molar-refractivity contribution in [3.8, 4) is 0 Å². The van der Waals surface area contributed by atoms with Gasteiger partial charge in [-0.25, -0.2) is 0 Å². The summed E-state index contributed by atoms with van der Waals surface area (Å²) >= 11 is 0. The van der Waals surface area contributed by atoms with E-state index in [1.807, 2.05) is 0 Å². The molecule has 1 aliphatic carbocycles. The minimum atomic E-state index is -1.12. The molecular formula is C13H24N2O3. The maximum absolute atomic E-state index is 11.8. The maximum atomic E-state index is 11.8. The molecule has 0 radical (unpaired) electrons. The highest BCUT2D eigenvalue weighted by Crippen LogP contribution is 2.45. The number of carboxylic acids is 1. The second-order valence-electron chi connectivity index (χ2n) is 5.57. The van der Waals surface area contributed by atoms with Crippen LogP contribution in [0.15, 0.2) is 0 Å². The largest absolute Gasteiger partial charge is 0.480 e. The molecule has 5 heteroatoms. The summed E-state index contributed by atoms with van der Waals surface area (Å²) in [6, 6.07) is 0.826. The Bertz CT molecular complexity index is 314. The summed E-state index contributed by atoms with van der Waals surface area (Å²) in [6.07, 6.45) is 0.929. The molecule has 0 heterocycles. The molecule has 0 aromatic rings. The molecule has 0 unspecified atom stereocenters. The number of carbonyl (C=O) groups excluding carboxylic acids is 1. The highest BCUT2D eigenvalue weighted by atomic mass is 16.4. The third-order valence-electron chi connectivity index (χ3n) is 3.58. The van der Waals surface area contributed by atoms with Crippen molar-refractivity contribution in [1.82, 2.24) is 10.2 Å². The second kappa shape index (κ2) is 5.69. The van der Waals surface area contributed by atoms with Crippen LogP contribution < -0.4 is 5.32 Å². The molecular weight excluding hydrogens is 232 g/mol.